The molecule has 28 heavy (non-hydrogen) atoms. The van der Waals surface area contributed by atoms with Crippen LogP contribution in [0, 0.1) is 17.0 Å². The first kappa shape index (κ1) is 19.9. The molecule has 0 saturated carbocycles. The van der Waals surface area contributed by atoms with E-state index in [0.717, 1.165) is 5.69 Å². The number of fused-ring (bicyclic) bond motifs is 1. The highest BCUT2D eigenvalue weighted by atomic mass is 35.5. The molecule has 0 saturated heterocycles. The summed E-state index contributed by atoms with van der Waals surface area (Å²) in [5.74, 6) is -0.328. The number of aromatic nitrogens is 1. The predicted octanol–water partition coefficient (Wildman–Crippen LogP) is 4.83. The molecule has 0 atom stereocenters. The molecule has 0 aliphatic heterocycles. The molecule has 1 aromatic heterocycles. The summed E-state index contributed by atoms with van der Waals surface area (Å²) in [4.78, 5) is 29.3. The molecule has 0 unspecified atom stereocenters. The van der Waals surface area contributed by atoms with Crippen molar-refractivity contribution in [1.29, 1.82) is 0 Å². The second-order valence-corrected chi connectivity index (χ2v) is 7.06. The molecule has 1 N–H and O–H groups in total. The van der Waals surface area contributed by atoms with Gasteiger partial charge >= 0.3 is 0 Å². The third-order valence-corrected chi connectivity index (χ3v) is 4.76. The second-order valence-electron chi connectivity index (χ2n) is 6.24. The molecule has 7 nitrogen and oxygen atoms in total. The number of likely N-dealkylation sites (N-methyl/N-ethyl adjacent to an activating group) is 1. The topological polar surface area (TPSA) is 88.4 Å². The Labute approximate surface area is 171 Å². The van der Waals surface area contributed by atoms with Gasteiger partial charge in [-0.2, -0.15) is 0 Å². The summed E-state index contributed by atoms with van der Waals surface area (Å²) < 4.78 is 0. The van der Waals surface area contributed by atoms with Crippen molar-refractivity contribution < 1.29 is 9.72 Å². The fourth-order valence-electron chi connectivity index (χ4n) is 2.85. The number of nitrogens with zero attached hydrogens (tertiary/aromatic N) is 3. The summed E-state index contributed by atoms with van der Waals surface area (Å²) in [5.41, 5.74) is 2.31. The average molecular weight is 419 g/mol. The van der Waals surface area contributed by atoms with Gasteiger partial charge in [-0.1, -0.05) is 29.3 Å². The number of benzene rings is 2. The zero-order valence-corrected chi connectivity index (χ0v) is 16.6. The van der Waals surface area contributed by atoms with Crippen LogP contribution in [0.2, 0.25) is 10.0 Å². The van der Waals surface area contributed by atoms with Crippen molar-refractivity contribution in [2.24, 2.45) is 0 Å². The number of aryl methyl sites for hydroxylation is 1. The maximum absolute atomic E-state index is 12.5. The van der Waals surface area contributed by atoms with Crippen LogP contribution in [0.3, 0.4) is 0 Å². The van der Waals surface area contributed by atoms with Crippen LogP contribution in [-0.2, 0) is 4.79 Å². The number of nitro groups is 1. The summed E-state index contributed by atoms with van der Waals surface area (Å²) in [5, 5.41) is 15.1. The molecular weight excluding hydrogens is 403 g/mol. The van der Waals surface area contributed by atoms with E-state index < -0.39 is 4.92 Å². The van der Waals surface area contributed by atoms with Crippen LogP contribution in [0.1, 0.15) is 5.69 Å². The highest BCUT2D eigenvalue weighted by molar-refractivity contribution is 6.39. The van der Waals surface area contributed by atoms with Gasteiger partial charge in [-0.05, 0) is 31.2 Å². The molecule has 1 amide bonds. The minimum Gasteiger partial charge on any atom is -0.365 e. The molecule has 0 fully saturated rings. The minimum atomic E-state index is -0.463. The largest absolute Gasteiger partial charge is 0.365 e. The van der Waals surface area contributed by atoms with Gasteiger partial charge in [0, 0.05) is 35.9 Å². The Morgan fingerprint density at radius 3 is 2.54 bits per heavy atom. The van der Waals surface area contributed by atoms with Gasteiger partial charge < -0.3 is 10.2 Å². The smallest absolute Gasteiger partial charge is 0.270 e. The number of carbonyl (C=O) groups excluding carboxylic acids is 1. The quantitative estimate of drug-likeness (QED) is 0.473. The van der Waals surface area contributed by atoms with Crippen LogP contribution in [0.15, 0.2) is 42.5 Å². The summed E-state index contributed by atoms with van der Waals surface area (Å²) in [7, 11) is 1.72. The summed E-state index contributed by atoms with van der Waals surface area (Å²) >= 11 is 12.2. The zero-order chi connectivity index (χ0) is 20.4. The molecule has 0 aliphatic rings. The van der Waals surface area contributed by atoms with Crippen LogP contribution in [0.5, 0.6) is 0 Å². The average Bonchev–Trinajstić information content (AvgIpc) is 2.63. The lowest BCUT2D eigenvalue weighted by atomic mass is 10.1. The Hall–Kier alpha value is -2.90. The number of pyridine rings is 1. The Kier molecular flexibility index (Phi) is 5.67. The standard InChI is InChI=1S/C19H16Cl2N4O3/c1-11-8-17(13-9-12(25(27)28)6-7-16(13)22-11)24(2)10-18(26)23-19-14(20)4-3-5-15(19)21/h3-9H,10H2,1-2H3,(H,23,26). The molecule has 2 aromatic carbocycles. The highest BCUT2D eigenvalue weighted by Gasteiger charge is 2.16. The lowest BCUT2D eigenvalue weighted by molar-refractivity contribution is -0.384. The molecule has 3 aromatic rings. The van der Waals surface area contributed by atoms with Gasteiger partial charge in [0.2, 0.25) is 5.91 Å². The number of nitrogens with one attached hydrogen (secondary N) is 1. The van der Waals surface area contributed by atoms with Gasteiger partial charge in [0.05, 0.1) is 32.7 Å². The van der Waals surface area contributed by atoms with E-state index in [-0.39, 0.29) is 18.1 Å². The Morgan fingerprint density at radius 1 is 1.21 bits per heavy atom. The van der Waals surface area contributed by atoms with E-state index in [0.29, 0.717) is 32.3 Å². The van der Waals surface area contributed by atoms with E-state index >= 15 is 0 Å². The van der Waals surface area contributed by atoms with Crippen LogP contribution in [0.4, 0.5) is 17.1 Å². The molecule has 1 heterocycles. The predicted molar refractivity (Wildman–Crippen MR) is 111 cm³/mol. The van der Waals surface area contributed by atoms with Gasteiger partial charge in [-0.25, -0.2) is 0 Å². The third-order valence-electron chi connectivity index (χ3n) is 4.13. The van der Waals surface area contributed by atoms with Gasteiger partial charge in [-0.3, -0.25) is 19.9 Å². The SMILES string of the molecule is Cc1cc(N(C)CC(=O)Nc2c(Cl)cccc2Cl)c2cc([N+](=O)[O-])ccc2n1. The fraction of sp³-hybridized carbons (Fsp3) is 0.158. The Bertz CT molecular complexity index is 1070. The number of hydrogen-bond acceptors (Lipinski definition) is 5. The van der Waals surface area contributed by atoms with Gasteiger partial charge in [-0.15, -0.1) is 0 Å². The summed E-state index contributed by atoms with van der Waals surface area (Å²) in [6.07, 6.45) is 0. The molecule has 0 aliphatic carbocycles. The molecule has 144 valence electrons. The number of halogens is 2. The fourth-order valence-corrected chi connectivity index (χ4v) is 3.34. The first-order chi connectivity index (χ1) is 13.3. The number of para-hydroxylation sites is 1. The lowest BCUT2D eigenvalue weighted by Crippen LogP contribution is -2.30. The number of hydrogen-bond donors (Lipinski definition) is 1. The van der Waals surface area contributed by atoms with Crippen molar-refractivity contribution in [3.8, 4) is 0 Å². The van der Waals surface area contributed by atoms with E-state index in [4.69, 9.17) is 23.2 Å². The van der Waals surface area contributed by atoms with Crippen LogP contribution in [0.25, 0.3) is 10.9 Å². The first-order valence-electron chi connectivity index (χ1n) is 8.27. The molecule has 9 heteroatoms. The van der Waals surface area contributed by atoms with E-state index in [1.54, 1.807) is 42.3 Å². The van der Waals surface area contributed by atoms with E-state index in [9.17, 15) is 14.9 Å². The van der Waals surface area contributed by atoms with Crippen LogP contribution < -0.4 is 10.2 Å². The molecular formula is C19H16Cl2N4O3. The molecule has 0 bridgehead atoms. The second kappa shape index (κ2) is 8.00. The number of anilines is 2. The summed E-state index contributed by atoms with van der Waals surface area (Å²) in [6.45, 7) is 1.81. The first-order valence-corrected chi connectivity index (χ1v) is 9.02. The number of nitro benzene ring substituents is 1. The maximum Gasteiger partial charge on any atom is 0.270 e. The minimum absolute atomic E-state index is 0.0111. The monoisotopic (exact) mass is 418 g/mol. The van der Waals surface area contributed by atoms with Crippen molar-refractivity contribution in [3.05, 3.63) is 68.3 Å². The normalized spacial score (nSPS) is 10.7. The molecule has 0 spiro atoms. The summed E-state index contributed by atoms with van der Waals surface area (Å²) in [6, 6.07) is 11.2. The number of non-ortho nitro benzene ring substituents is 1. The van der Waals surface area contributed by atoms with Crippen LogP contribution >= 0.6 is 23.2 Å². The van der Waals surface area contributed by atoms with Crippen molar-refractivity contribution in [3.63, 3.8) is 0 Å². The van der Waals surface area contributed by atoms with Gasteiger partial charge in [0.15, 0.2) is 0 Å². The maximum atomic E-state index is 12.5. The van der Waals surface area contributed by atoms with E-state index in [1.807, 2.05) is 6.92 Å². The zero-order valence-electron chi connectivity index (χ0n) is 15.1. The van der Waals surface area contributed by atoms with Crippen molar-refractivity contribution in [2.75, 3.05) is 23.8 Å². The third kappa shape index (κ3) is 4.16. The van der Waals surface area contributed by atoms with Crippen molar-refractivity contribution in [2.45, 2.75) is 6.92 Å². The van der Waals surface area contributed by atoms with E-state index in [1.165, 1.54) is 12.1 Å². The lowest BCUT2D eigenvalue weighted by Gasteiger charge is -2.21. The van der Waals surface area contributed by atoms with Crippen molar-refractivity contribution in [1.82, 2.24) is 4.98 Å². The Balaban J connectivity index is 1.90. The van der Waals surface area contributed by atoms with Crippen molar-refractivity contribution >= 4 is 57.1 Å². The molecule has 3 rings (SSSR count). The highest BCUT2D eigenvalue weighted by Crippen LogP contribution is 2.31. The number of amides is 1. The molecule has 0 radical (unpaired) electrons. The number of carbonyl (C=O) groups is 1. The van der Waals surface area contributed by atoms with Gasteiger partial charge in [0.25, 0.3) is 5.69 Å². The number of rotatable bonds is 5. The Morgan fingerprint density at radius 2 is 1.89 bits per heavy atom. The van der Waals surface area contributed by atoms with E-state index in [2.05, 4.69) is 10.3 Å². The van der Waals surface area contributed by atoms with Crippen LogP contribution in [-0.4, -0.2) is 29.4 Å². The van der Waals surface area contributed by atoms with Gasteiger partial charge in [0.1, 0.15) is 0 Å².